The van der Waals surface area contributed by atoms with Gasteiger partial charge in [0.2, 0.25) is 0 Å². The summed E-state index contributed by atoms with van der Waals surface area (Å²) in [6.07, 6.45) is 3.34. The number of rotatable bonds is 2. The summed E-state index contributed by atoms with van der Waals surface area (Å²) in [5, 5.41) is 1.51. The number of fused-ring (bicyclic) bond motifs is 2. The maximum Gasteiger partial charge on any atom is 0.295 e. The standard InChI is InChI=1S/C25H22N3/c1-17-8-4-5-9-20(17)25-27(3)23-10-6-7-11-24(23)28(25)22-13-12-19-14-15-26-16-21(19)18(22)2/h4-16H,1-3H3/q+1/i2D3. The van der Waals surface area contributed by atoms with Crippen molar-refractivity contribution in [3.8, 4) is 17.1 Å². The summed E-state index contributed by atoms with van der Waals surface area (Å²) in [6.45, 7) is -0.225. The highest BCUT2D eigenvalue weighted by Gasteiger charge is 2.27. The van der Waals surface area contributed by atoms with E-state index >= 15 is 0 Å². The molecule has 0 atom stereocenters. The Bertz CT molecular complexity index is 1450. The molecular formula is C25H22N3+. The molecule has 136 valence electrons. The van der Waals surface area contributed by atoms with Gasteiger partial charge in [-0.25, -0.2) is 4.57 Å². The summed E-state index contributed by atoms with van der Waals surface area (Å²) in [4.78, 5) is 4.22. The molecule has 5 aromatic rings. The van der Waals surface area contributed by atoms with Crippen molar-refractivity contribution in [2.45, 2.75) is 13.8 Å². The van der Waals surface area contributed by atoms with Gasteiger partial charge in [-0.15, -0.1) is 0 Å². The summed E-state index contributed by atoms with van der Waals surface area (Å²) in [5.41, 5.74) is 5.13. The molecule has 0 unspecified atom stereocenters. The van der Waals surface area contributed by atoms with Gasteiger partial charge in [-0.1, -0.05) is 36.4 Å². The van der Waals surface area contributed by atoms with E-state index in [4.69, 9.17) is 4.11 Å². The molecule has 3 aromatic carbocycles. The summed E-state index contributed by atoms with van der Waals surface area (Å²) in [6, 6.07) is 22.0. The number of aromatic nitrogens is 3. The minimum Gasteiger partial charge on any atom is -0.264 e. The van der Waals surface area contributed by atoms with Crippen LogP contribution in [0.3, 0.4) is 0 Å². The van der Waals surface area contributed by atoms with Crippen LogP contribution >= 0.6 is 0 Å². The molecule has 0 saturated heterocycles. The summed E-state index contributed by atoms with van der Waals surface area (Å²) in [7, 11) is 2.03. The molecule has 0 aliphatic heterocycles. The van der Waals surface area contributed by atoms with E-state index in [0.717, 1.165) is 33.4 Å². The molecule has 5 rings (SSSR count). The van der Waals surface area contributed by atoms with Crippen molar-refractivity contribution in [1.82, 2.24) is 9.55 Å². The van der Waals surface area contributed by atoms with Gasteiger partial charge in [-0.3, -0.25) is 4.98 Å². The van der Waals surface area contributed by atoms with Crippen LogP contribution in [-0.4, -0.2) is 9.55 Å². The molecular weight excluding hydrogens is 342 g/mol. The van der Waals surface area contributed by atoms with Gasteiger partial charge in [0.1, 0.15) is 5.69 Å². The Balaban J connectivity index is 1.99. The first-order valence-corrected chi connectivity index (χ1v) is 9.31. The van der Waals surface area contributed by atoms with E-state index < -0.39 is 6.85 Å². The third-order valence-corrected chi connectivity index (χ3v) is 5.44. The van der Waals surface area contributed by atoms with Crippen molar-refractivity contribution in [3.63, 3.8) is 0 Å². The van der Waals surface area contributed by atoms with Gasteiger partial charge in [0.25, 0.3) is 5.82 Å². The highest BCUT2D eigenvalue weighted by Crippen LogP contribution is 2.32. The molecule has 0 radical (unpaired) electrons. The highest BCUT2D eigenvalue weighted by molar-refractivity contribution is 5.89. The van der Waals surface area contributed by atoms with Gasteiger partial charge in [-0.2, -0.15) is 4.57 Å². The smallest absolute Gasteiger partial charge is 0.264 e. The first-order valence-electron chi connectivity index (χ1n) is 10.8. The zero-order valence-corrected chi connectivity index (χ0v) is 15.8. The van der Waals surface area contributed by atoms with Crippen LogP contribution in [-0.2, 0) is 7.05 Å². The predicted octanol–water partition coefficient (Wildman–Crippen LogP) is 5.29. The molecule has 0 saturated carbocycles. The normalized spacial score (nSPS) is 13.4. The van der Waals surface area contributed by atoms with E-state index in [9.17, 15) is 0 Å². The average molecular weight is 367 g/mol. The van der Waals surface area contributed by atoms with Gasteiger partial charge in [0.05, 0.1) is 12.6 Å². The van der Waals surface area contributed by atoms with Crippen LogP contribution in [0.4, 0.5) is 0 Å². The Hall–Kier alpha value is -3.46. The first-order chi connectivity index (χ1) is 14.9. The molecule has 3 heteroatoms. The fourth-order valence-electron chi connectivity index (χ4n) is 4.02. The lowest BCUT2D eigenvalue weighted by atomic mass is 10.0. The molecule has 0 fully saturated rings. The van der Waals surface area contributed by atoms with Gasteiger partial charge >= 0.3 is 0 Å². The van der Waals surface area contributed by atoms with Crippen molar-refractivity contribution in [1.29, 1.82) is 0 Å². The van der Waals surface area contributed by atoms with E-state index in [1.54, 1.807) is 12.4 Å². The molecule has 0 bridgehead atoms. The molecule has 0 aliphatic rings. The quantitative estimate of drug-likeness (QED) is 0.389. The maximum absolute atomic E-state index is 8.36. The zero-order valence-electron chi connectivity index (χ0n) is 18.8. The zero-order chi connectivity index (χ0) is 21.8. The Kier molecular flexibility index (Phi) is 3.08. The Morgan fingerprint density at radius 1 is 0.964 bits per heavy atom. The van der Waals surface area contributed by atoms with E-state index in [1.165, 1.54) is 0 Å². The molecule has 2 heterocycles. The summed E-state index contributed by atoms with van der Waals surface area (Å²) < 4.78 is 29.3. The van der Waals surface area contributed by atoms with Crippen LogP contribution in [0.1, 0.15) is 15.2 Å². The van der Waals surface area contributed by atoms with Crippen LogP contribution in [0.15, 0.2) is 79.1 Å². The average Bonchev–Trinajstić information content (AvgIpc) is 3.05. The van der Waals surface area contributed by atoms with Gasteiger partial charge in [0.15, 0.2) is 11.0 Å². The number of para-hydroxylation sites is 2. The molecule has 3 nitrogen and oxygen atoms in total. The second kappa shape index (κ2) is 6.31. The van der Waals surface area contributed by atoms with Crippen LogP contribution < -0.4 is 4.57 Å². The van der Waals surface area contributed by atoms with Gasteiger partial charge < -0.3 is 0 Å². The van der Waals surface area contributed by atoms with Crippen molar-refractivity contribution in [2.75, 3.05) is 0 Å². The Morgan fingerprint density at radius 2 is 1.79 bits per heavy atom. The van der Waals surface area contributed by atoms with Crippen molar-refractivity contribution >= 4 is 21.8 Å². The third-order valence-electron chi connectivity index (χ3n) is 5.44. The number of imidazole rings is 1. The Labute approximate surface area is 168 Å². The minimum absolute atomic E-state index is 0.314. The topological polar surface area (TPSA) is 21.7 Å². The van der Waals surface area contributed by atoms with Crippen molar-refractivity contribution in [2.24, 2.45) is 7.05 Å². The molecule has 2 aromatic heterocycles. The Morgan fingerprint density at radius 3 is 2.64 bits per heavy atom. The van der Waals surface area contributed by atoms with E-state index in [0.29, 0.717) is 16.6 Å². The fraction of sp³-hybridized carbons (Fsp3) is 0.120. The van der Waals surface area contributed by atoms with Crippen LogP contribution in [0.2, 0.25) is 0 Å². The second-order valence-corrected chi connectivity index (χ2v) is 7.08. The van der Waals surface area contributed by atoms with Crippen LogP contribution in [0, 0.1) is 13.8 Å². The number of nitrogens with zero attached hydrogens (tertiary/aromatic N) is 3. The van der Waals surface area contributed by atoms with Crippen LogP contribution in [0.5, 0.6) is 0 Å². The number of pyridine rings is 1. The molecule has 28 heavy (non-hydrogen) atoms. The first kappa shape index (κ1) is 13.7. The predicted molar refractivity (Wildman–Crippen MR) is 115 cm³/mol. The van der Waals surface area contributed by atoms with E-state index in [1.807, 2.05) is 55.6 Å². The second-order valence-electron chi connectivity index (χ2n) is 7.08. The molecule has 0 spiro atoms. The summed E-state index contributed by atoms with van der Waals surface area (Å²) >= 11 is 0. The SMILES string of the molecule is [2H]C([2H])([2H])c1c(-n2c(-c3ccccc3C)[n+](C)c3ccccc32)ccc2ccncc12. The number of benzene rings is 3. The minimum atomic E-state index is -2.30. The highest BCUT2D eigenvalue weighted by atomic mass is 15.2. The van der Waals surface area contributed by atoms with Crippen molar-refractivity contribution < 1.29 is 8.68 Å². The van der Waals surface area contributed by atoms with E-state index in [-0.39, 0.29) is 0 Å². The lowest BCUT2D eigenvalue weighted by Crippen LogP contribution is -2.30. The van der Waals surface area contributed by atoms with E-state index in [2.05, 4.69) is 39.2 Å². The summed E-state index contributed by atoms with van der Waals surface area (Å²) in [5.74, 6) is 0.938. The van der Waals surface area contributed by atoms with Gasteiger partial charge in [0, 0.05) is 27.5 Å². The number of hydrogen-bond acceptors (Lipinski definition) is 1. The molecule has 0 amide bonds. The molecule has 0 aliphatic carbocycles. The number of aryl methyl sites for hydroxylation is 3. The van der Waals surface area contributed by atoms with Crippen molar-refractivity contribution in [3.05, 3.63) is 90.3 Å². The lowest BCUT2D eigenvalue weighted by Gasteiger charge is -2.10. The van der Waals surface area contributed by atoms with Crippen LogP contribution in [0.25, 0.3) is 38.9 Å². The largest absolute Gasteiger partial charge is 0.295 e. The number of hydrogen-bond donors (Lipinski definition) is 0. The lowest BCUT2D eigenvalue weighted by molar-refractivity contribution is -0.633. The fourth-order valence-corrected chi connectivity index (χ4v) is 4.02. The van der Waals surface area contributed by atoms with Gasteiger partial charge in [-0.05, 0) is 55.1 Å². The third kappa shape index (κ3) is 2.36. The monoisotopic (exact) mass is 367 g/mol. The maximum atomic E-state index is 8.36. The molecule has 0 N–H and O–H groups in total.